The predicted octanol–water partition coefficient (Wildman–Crippen LogP) is 4.90. The van der Waals surface area contributed by atoms with E-state index in [-0.39, 0.29) is 0 Å². The second-order valence-corrected chi connectivity index (χ2v) is 7.19. The fourth-order valence-corrected chi connectivity index (χ4v) is 4.17. The molecule has 20 heavy (non-hydrogen) atoms. The van der Waals surface area contributed by atoms with Crippen LogP contribution in [0.5, 0.6) is 0 Å². The average Bonchev–Trinajstić information content (AvgIpc) is 2.82. The van der Waals surface area contributed by atoms with Gasteiger partial charge < -0.3 is 5.32 Å². The van der Waals surface area contributed by atoms with Crippen LogP contribution in [0.1, 0.15) is 44.4 Å². The monoisotopic (exact) mass is 309 g/mol. The smallest absolute Gasteiger partial charge is 0.225 e. The molecule has 5 heteroatoms. The zero-order valence-corrected chi connectivity index (χ0v) is 13.5. The van der Waals surface area contributed by atoms with Gasteiger partial charge in [-0.05, 0) is 42.8 Å². The highest BCUT2D eigenvalue weighted by Crippen LogP contribution is 2.32. The van der Waals surface area contributed by atoms with Gasteiger partial charge >= 0.3 is 0 Å². The molecule has 0 saturated heterocycles. The maximum Gasteiger partial charge on any atom is 0.225 e. The van der Waals surface area contributed by atoms with E-state index in [0.29, 0.717) is 11.3 Å². The maximum atomic E-state index is 6.07. The summed E-state index contributed by atoms with van der Waals surface area (Å²) in [5, 5.41) is 5.06. The zero-order valence-electron chi connectivity index (χ0n) is 11.9. The fraction of sp³-hybridized carbons (Fsp3) is 0.600. The van der Waals surface area contributed by atoms with E-state index in [1.807, 2.05) is 0 Å². The molecule has 3 nitrogen and oxygen atoms in total. The Hall–Kier alpha value is -0.870. The summed E-state index contributed by atoms with van der Waals surface area (Å²) >= 11 is 7.78. The zero-order chi connectivity index (χ0) is 14.1. The number of rotatable bonds is 3. The largest absolute Gasteiger partial charge is 0.367 e. The summed E-state index contributed by atoms with van der Waals surface area (Å²) in [6.07, 6.45) is 6.10. The molecule has 2 aromatic rings. The van der Waals surface area contributed by atoms with Crippen LogP contribution in [0.25, 0.3) is 10.2 Å². The van der Waals surface area contributed by atoms with Gasteiger partial charge in [0.15, 0.2) is 0 Å². The minimum absolute atomic E-state index is 0.341. The molecule has 3 rings (SSSR count). The first kappa shape index (κ1) is 14.1. The predicted molar refractivity (Wildman–Crippen MR) is 86.8 cm³/mol. The normalized spacial score (nSPS) is 23.1. The van der Waals surface area contributed by atoms with E-state index in [9.17, 15) is 0 Å². The number of fused-ring (bicyclic) bond motifs is 1. The molecule has 2 unspecified atom stereocenters. The maximum absolute atomic E-state index is 6.07. The van der Waals surface area contributed by atoms with Crippen molar-refractivity contribution in [1.29, 1.82) is 0 Å². The Balaban J connectivity index is 1.91. The van der Waals surface area contributed by atoms with Gasteiger partial charge in [-0.25, -0.2) is 9.97 Å². The molecule has 1 saturated carbocycles. The van der Waals surface area contributed by atoms with Crippen LogP contribution in [0.3, 0.4) is 0 Å². The van der Waals surface area contributed by atoms with Gasteiger partial charge in [0.25, 0.3) is 0 Å². The molecule has 1 aliphatic carbocycles. The third-order valence-corrected chi connectivity index (χ3v) is 5.38. The van der Waals surface area contributed by atoms with E-state index in [2.05, 4.69) is 35.2 Å². The molecule has 1 aliphatic rings. The highest BCUT2D eigenvalue weighted by Gasteiger charge is 2.20. The molecule has 2 atom stereocenters. The number of hydrogen-bond donors (Lipinski definition) is 1. The second-order valence-electron chi connectivity index (χ2n) is 5.74. The highest BCUT2D eigenvalue weighted by molar-refractivity contribution is 7.18. The van der Waals surface area contributed by atoms with E-state index in [1.54, 1.807) is 11.3 Å². The van der Waals surface area contributed by atoms with Gasteiger partial charge in [0.2, 0.25) is 5.28 Å². The molecule has 1 N–H and O–H groups in total. The minimum Gasteiger partial charge on any atom is -0.367 e. The molecule has 1 fully saturated rings. The summed E-state index contributed by atoms with van der Waals surface area (Å²) in [5.74, 6) is 1.71. The van der Waals surface area contributed by atoms with Crippen LogP contribution in [0.4, 0.5) is 5.82 Å². The van der Waals surface area contributed by atoms with Crippen LogP contribution in [0.15, 0.2) is 6.07 Å². The van der Waals surface area contributed by atoms with Crippen molar-refractivity contribution in [3.05, 3.63) is 16.2 Å². The lowest BCUT2D eigenvalue weighted by molar-refractivity contribution is 0.358. The number of nitrogens with zero attached hydrogens (tertiary/aromatic N) is 2. The van der Waals surface area contributed by atoms with Crippen LogP contribution in [0.2, 0.25) is 5.28 Å². The van der Waals surface area contributed by atoms with Crippen LogP contribution < -0.4 is 5.32 Å². The highest BCUT2D eigenvalue weighted by atomic mass is 35.5. The van der Waals surface area contributed by atoms with E-state index in [1.165, 1.54) is 30.6 Å². The Bertz CT molecular complexity index is 610. The summed E-state index contributed by atoms with van der Waals surface area (Å²) in [7, 11) is 0. The summed E-state index contributed by atoms with van der Waals surface area (Å²) in [4.78, 5) is 11.1. The van der Waals surface area contributed by atoms with E-state index >= 15 is 0 Å². The Kier molecular flexibility index (Phi) is 4.13. The van der Waals surface area contributed by atoms with E-state index < -0.39 is 0 Å². The van der Waals surface area contributed by atoms with Gasteiger partial charge in [0, 0.05) is 10.9 Å². The molecular weight excluding hydrogens is 290 g/mol. The topological polar surface area (TPSA) is 37.8 Å². The van der Waals surface area contributed by atoms with Crippen molar-refractivity contribution >= 4 is 39.0 Å². The first-order chi connectivity index (χ1) is 9.65. The number of nitrogens with one attached hydrogen (secondary N) is 1. The lowest BCUT2D eigenvalue weighted by Gasteiger charge is -2.28. The summed E-state index contributed by atoms with van der Waals surface area (Å²) in [6.45, 7) is 4.49. The van der Waals surface area contributed by atoms with E-state index in [4.69, 9.17) is 11.6 Å². The molecule has 0 aromatic carbocycles. The van der Waals surface area contributed by atoms with Gasteiger partial charge in [-0.3, -0.25) is 0 Å². The Morgan fingerprint density at radius 1 is 1.40 bits per heavy atom. The third-order valence-electron chi connectivity index (χ3n) is 4.04. The molecule has 0 spiro atoms. The lowest BCUT2D eigenvalue weighted by Crippen LogP contribution is -2.26. The first-order valence-electron chi connectivity index (χ1n) is 7.38. The van der Waals surface area contributed by atoms with Crippen molar-refractivity contribution in [2.24, 2.45) is 5.92 Å². The van der Waals surface area contributed by atoms with Crippen LogP contribution >= 0.6 is 22.9 Å². The number of hydrogen-bond acceptors (Lipinski definition) is 4. The minimum atomic E-state index is 0.341. The molecule has 2 heterocycles. The van der Waals surface area contributed by atoms with Crippen molar-refractivity contribution in [2.45, 2.75) is 52.0 Å². The van der Waals surface area contributed by atoms with Crippen molar-refractivity contribution < 1.29 is 0 Å². The molecule has 0 bridgehead atoms. The Morgan fingerprint density at radius 3 is 3.00 bits per heavy atom. The Labute approximate surface area is 128 Å². The van der Waals surface area contributed by atoms with Gasteiger partial charge in [0.05, 0.1) is 5.39 Å². The van der Waals surface area contributed by atoms with Gasteiger partial charge in [-0.2, -0.15) is 0 Å². The van der Waals surface area contributed by atoms with E-state index in [0.717, 1.165) is 28.4 Å². The average molecular weight is 310 g/mol. The summed E-state index contributed by atoms with van der Waals surface area (Å²) in [6, 6.07) is 2.71. The molecular formula is C15H20ClN3S. The summed E-state index contributed by atoms with van der Waals surface area (Å²) in [5.41, 5.74) is 0. The van der Waals surface area contributed by atoms with Crippen molar-refractivity contribution in [3.63, 3.8) is 0 Å². The number of anilines is 1. The standard InChI is InChI=1S/C15H20ClN3S/c1-3-11-8-12-13(18-15(16)19-14(12)20-11)17-10-6-4-5-9(2)7-10/h8-10H,3-7H2,1-2H3,(H,17,18,19). The van der Waals surface area contributed by atoms with Crippen LogP contribution in [0, 0.1) is 5.92 Å². The molecule has 0 amide bonds. The third kappa shape index (κ3) is 2.91. The fourth-order valence-electron chi connectivity index (χ4n) is 2.99. The SMILES string of the molecule is CCc1cc2c(NC3CCCC(C)C3)nc(Cl)nc2s1. The Morgan fingerprint density at radius 2 is 2.25 bits per heavy atom. The van der Waals surface area contributed by atoms with Crippen molar-refractivity contribution in [2.75, 3.05) is 5.32 Å². The van der Waals surface area contributed by atoms with Gasteiger partial charge in [0.1, 0.15) is 10.6 Å². The van der Waals surface area contributed by atoms with Crippen molar-refractivity contribution in [1.82, 2.24) is 9.97 Å². The molecule has 2 aromatic heterocycles. The quantitative estimate of drug-likeness (QED) is 0.820. The summed E-state index contributed by atoms with van der Waals surface area (Å²) < 4.78 is 0. The molecule has 0 radical (unpaired) electrons. The first-order valence-corrected chi connectivity index (χ1v) is 8.57. The van der Waals surface area contributed by atoms with Crippen LogP contribution in [-0.2, 0) is 6.42 Å². The number of thiophene rings is 1. The number of halogens is 1. The number of aromatic nitrogens is 2. The second kappa shape index (κ2) is 5.86. The van der Waals surface area contributed by atoms with Gasteiger partial charge in [-0.1, -0.05) is 26.7 Å². The van der Waals surface area contributed by atoms with Crippen molar-refractivity contribution in [3.8, 4) is 0 Å². The molecule has 0 aliphatic heterocycles. The lowest BCUT2D eigenvalue weighted by atomic mass is 9.87. The van der Waals surface area contributed by atoms with Gasteiger partial charge in [-0.15, -0.1) is 11.3 Å². The van der Waals surface area contributed by atoms with Crippen LogP contribution in [-0.4, -0.2) is 16.0 Å². The number of aryl methyl sites for hydroxylation is 1. The molecule has 108 valence electrons.